The molecule has 0 bridgehead atoms. The van der Waals surface area contributed by atoms with Gasteiger partial charge >= 0.3 is 0 Å². The van der Waals surface area contributed by atoms with Gasteiger partial charge in [0.25, 0.3) is 10.0 Å². The number of anilines is 1. The molecule has 1 atom stereocenters. The highest BCUT2D eigenvalue weighted by molar-refractivity contribution is 7.89. The van der Waals surface area contributed by atoms with Crippen LogP contribution in [-0.4, -0.2) is 56.8 Å². The molecule has 0 aliphatic carbocycles. The number of carbonyl (C=O) groups is 2. The molecule has 0 radical (unpaired) electrons. The fourth-order valence-electron chi connectivity index (χ4n) is 3.50. The summed E-state index contributed by atoms with van der Waals surface area (Å²) in [6, 6.07) is 15.4. The lowest BCUT2D eigenvalue weighted by Crippen LogP contribution is -2.44. The van der Waals surface area contributed by atoms with Gasteiger partial charge in [-0.1, -0.05) is 34.8 Å². The summed E-state index contributed by atoms with van der Waals surface area (Å²) in [5.74, 6) is -0.473. The second-order valence-corrected chi connectivity index (χ2v) is 9.39. The zero-order chi connectivity index (χ0) is 22.4. The Morgan fingerprint density at radius 3 is 2.45 bits per heavy atom. The summed E-state index contributed by atoms with van der Waals surface area (Å²) in [6.07, 6.45) is 1.78. The summed E-state index contributed by atoms with van der Waals surface area (Å²) in [5.41, 5.74) is 1.45. The van der Waals surface area contributed by atoms with Gasteiger partial charge < -0.3 is 10.2 Å². The Kier molecular flexibility index (Phi) is 7.42. The number of hydrogen-bond acceptors (Lipinski definition) is 5. The average molecular weight is 446 g/mol. The topological polar surface area (TPSA) is 96.0 Å². The Morgan fingerprint density at radius 1 is 1.13 bits per heavy atom. The maximum atomic E-state index is 12.7. The standard InChI is InChI=1S/C22H27N3O5S/c1-24(30-2)31(28,29)20-12-10-19(11-13-20)23-22(27)18-9-6-14-25(16-18)21(26)15-17-7-4-3-5-8-17/h3-5,7-8,10-13,18H,6,9,14-16H2,1-2H3,(H,23,27). The number of piperidine rings is 1. The predicted octanol–water partition coefficient (Wildman–Crippen LogP) is 2.29. The van der Waals surface area contributed by atoms with E-state index in [1.165, 1.54) is 38.4 Å². The molecular weight excluding hydrogens is 418 g/mol. The molecule has 8 nitrogen and oxygen atoms in total. The van der Waals surface area contributed by atoms with Crippen LogP contribution in [0.1, 0.15) is 18.4 Å². The quantitative estimate of drug-likeness (QED) is 0.660. The van der Waals surface area contributed by atoms with Gasteiger partial charge in [0, 0.05) is 25.8 Å². The van der Waals surface area contributed by atoms with Gasteiger partial charge in [-0.25, -0.2) is 8.42 Å². The smallest absolute Gasteiger partial charge is 0.264 e. The van der Waals surface area contributed by atoms with Gasteiger partial charge in [0.2, 0.25) is 11.8 Å². The fraction of sp³-hybridized carbons (Fsp3) is 0.364. The number of rotatable bonds is 7. The Morgan fingerprint density at radius 2 is 1.81 bits per heavy atom. The Bertz CT molecular complexity index is 1010. The van der Waals surface area contributed by atoms with Crippen LogP contribution in [0.2, 0.25) is 0 Å². The van der Waals surface area contributed by atoms with Crippen LogP contribution in [0.15, 0.2) is 59.5 Å². The molecule has 2 amide bonds. The summed E-state index contributed by atoms with van der Waals surface area (Å²) in [4.78, 5) is 31.9. The van der Waals surface area contributed by atoms with Crippen molar-refractivity contribution in [1.29, 1.82) is 0 Å². The molecule has 1 unspecified atom stereocenters. The van der Waals surface area contributed by atoms with Crippen LogP contribution in [0.3, 0.4) is 0 Å². The van der Waals surface area contributed by atoms with Crippen LogP contribution in [0, 0.1) is 5.92 Å². The fourth-order valence-corrected chi connectivity index (χ4v) is 4.47. The minimum atomic E-state index is -3.74. The maximum Gasteiger partial charge on any atom is 0.264 e. The molecule has 1 heterocycles. The molecule has 166 valence electrons. The lowest BCUT2D eigenvalue weighted by atomic mass is 9.96. The van der Waals surface area contributed by atoms with Crippen LogP contribution >= 0.6 is 0 Å². The summed E-state index contributed by atoms with van der Waals surface area (Å²) in [7, 11) is -1.17. The average Bonchev–Trinajstić information content (AvgIpc) is 2.79. The molecule has 3 rings (SSSR count). The van der Waals surface area contributed by atoms with Gasteiger partial charge in [-0.05, 0) is 42.7 Å². The highest BCUT2D eigenvalue weighted by atomic mass is 32.2. The zero-order valence-electron chi connectivity index (χ0n) is 17.7. The second kappa shape index (κ2) is 10.0. The van der Waals surface area contributed by atoms with E-state index >= 15 is 0 Å². The van der Waals surface area contributed by atoms with E-state index in [0.717, 1.165) is 16.5 Å². The lowest BCUT2D eigenvalue weighted by molar-refractivity contribution is -0.133. The Hall–Kier alpha value is -2.75. The van der Waals surface area contributed by atoms with Crippen molar-refractivity contribution in [3.8, 4) is 0 Å². The van der Waals surface area contributed by atoms with Gasteiger partial charge in [-0.2, -0.15) is 0 Å². The minimum Gasteiger partial charge on any atom is -0.342 e. The first-order valence-electron chi connectivity index (χ1n) is 10.1. The van der Waals surface area contributed by atoms with Crippen molar-refractivity contribution in [3.05, 3.63) is 60.2 Å². The highest BCUT2D eigenvalue weighted by Gasteiger charge is 2.28. The van der Waals surface area contributed by atoms with Crippen molar-refractivity contribution in [2.45, 2.75) is 24.2 Å². The van der Waals surface area contributed by atoms with E-state index in [1.54, 1.807) is 4.90 Å². The molecular formula is C22H27N3O5S. The predicted molar refractivity (Wildman–Crippen MR) is 116 cm³/mol. The molecule has 2 aromatic rings. The number of carbonyl (C=O) groups excluding carboxylic acids is 2. The van der Waals surface area contributed by atoms with Crippen molar-refractivity contribution in [3.63, 3.8) is 0 Å². The normalized spacial score (nSPS) is 16.9. The molecule has 1 fully saturated rings. The molecule has 1 aliphatic rings. The summed E-state index contributed by atoms with van der Waals surface area (Å²) in [5, 5.41) is 2.83. The van der Waals surface area contributed by atoms with E-state index in [4.69, 9.17) is 4.84 Å². The monoisotopic (exact) mass is 445 g/mol. The number of hydrogen-bond donors (Lipinski definition) is 1. The molecule has 2 aromatic carbocycles. The summed E-state index contributed by atoms with van der Waals surface area (Å²) >= 11 is 0. The van der Waals surface area contributed by atoms with Gasteiger partial charge in [-0.3, -0.25) is 14.4 Å². The number of nitrogens with one attached hydrogen (secondary N) is 1. The molecule has 1 aliphatic heterocycles. The highest BCUT2D eigenvalue weighted by Crippen LogP contribution is 2.21. The number of hydroxylamine groups is 1. The van der Waals surface area contributed by atoms with E-state index in [1.807, 2.05) is 30.3 Å². The number of likely N-dealkylation sites (tertiary alicyclic amines) is 1. The van der Waals surface area contributed by atoms with Crippen molar-refractivity contribution >= 4 is 27.5 Å². The van der Waals surface area contributed by atoms with Crippen molar-refractivity contribution in [2.75, 3.05) is 32.6 Å². The van der Waals surface area contributed by atoms with E-state index < -0.39 is 10.0 Å². The van der Waals surface area contributed by atoms with Crippen molar-refractivity contribution < 1.29 is 22.8 Å². The molecule has 0 saturated carbocycles. The van der Waals surface area contributed by atoms with Gasteiger partial charge in [0.15, 0.2) is 0 Å². The molecule has 9 heteroatoms. The molecule has 0 spiro atoms. The van der Waals surface area contributed by atoms with Crippen LogP contribution in [0.4, 0.5) is 5.69 Å². The maximum absolute atomic E-state index is 12.7. The van der Waals surface area contributed by atoms with E-state index in [2.05, 4.69) is 5.32 Å². The molecule has 1 N–H and O–H groups in total. The lowest BCUT2D eigenvalue weighted by Gasteiger charge is -2.32. The van der Waals surface area contributed by atoms with Crippen molar-refractivity contribution in [1.82, 2.24) is 9.37 Å². The minimum absolute atomic E-state index is 0.0144. The molecule has 1 saturated heterocycles. The second-order valence-electron chi connectivity index (χ2n) is 7.45. The first kappa shape index (κ1) is 22.9. The number of nitrogens with zero attached hydrogens (tertiary/aromatic N) is 2. The third-order valence-corrected chi connectivity index (χ3v) is 7.05. The first-order chi connectivity index (χ1) is 14.8. The molecule has 31 heavy (non-hydrogen) atoms. The van der Waals surface area contributed by atoms with Crippen molar-refractivity contribution in [2.24, 2.45) is 5.92 Å². The van der Waals surface area contributed by atoms with Crippen LogP contribution < -0.4 is 5.32 Å². The van der Waals surface area contributed by atoms with Gasteiger partial charge in [-0.15, -0.1) is 0 Å². The number of sulfonamides is 1. The third-order valence-electron chi connectivity index (χ3n) is 5.36. The zero-order valence-corrected chi connectivity index (χ0v) is 18.5. The van der Waals surface area contributed by atoms with Gasteiger partial charge in [0.05, 0.1) is 24.3 Å². The largest absolute Gasteiger partial charge is 0.342 e. The van der Waals surface area contributed by atoms with Crippen LogP contribution in [0.25, 0.3) is 0 Å². The first-order valence-corrected chi connectivity index (χ1v) is 11.5. The Labute approximate surface area is 182 Å². The number of amides is 2. The summed E-state index contributed by atoms with van der Waals surface area (Å²) < 4.78 is 25.3. The van der Waals surface area contributed by atoms with Crippen LogP contribution in [-0.2, 0) is 30.9 Å². The Balaban J connectivity index is 1.59. The van der Waals surface area contributed by atoms with E-state index in [9.17, 15) is 18.0 Å². The SMILES string of the molecule is CON(C)S(=O)(=O)c1ccc(NC(=O)C2CCCN(C(=O)Cc3ccccc3)C2)cc1. The van der Waals surface area contributed by atoms with E-state index in [0.29, 0.717) is 31.6 Å². The van der Waals surface area contributed by atoms with E-state index in [-0.39, 0.29) is 22.6 Å². The number of benzene rings is 2. The van der Waals surface area contributed by atoms with Gasteiger partial charge in [0.1, 0.15) is 0 Å². The molecule has 0 aromatic heterocycles. The summed E-state index contributed by atoms with van der Waals surface area (Å²) in [6.45, 7) is 1.03. The third kappa shape index (κ3) is 5.69. The van der Waals surface area contributed by atoms with Crippen LogP contribution in [0.5, 0.6) is 0 Å².